The van der Waals surface area contributed by atoms with Crippen molar-refractivity contribution in [3.05, 3.63) is 42.0 Å². The van der Waals surface area contributed by atoms with E-state index in [1.165, 1.54) is 16.8 Å². The topological polar surface area (TPSA) is 12.0 Å². The molecule has 0 amide bonds. The number of hydrogen-bond donors (Lipinski definition) is 1. The number of rotatable bonds is 5. The first kappa shape index (κ1) is 10.8. The van der Waals surface area contributed by atoms with Crippen molar-refractivity contribution in [2.24, 2.45) is 0 Å². The van der Waals surface area contributed by atoms with Crippen LogP contribution < -0.4 is 5.32 Å². The molecule has 1 aromatic rings. The summed E-state index contributed by atoms with van der Waals surface area (Å²) in [4.78, 5) is 0. The second-order valence-corrected chi connectivity index (χ2v) is 3.47. The molecule has 0 unspecified atom stereocenters. The molecule has 0 fully saturated rings. The number of hydrogen-bond acceptors (Lipinski definition) is 1. The van der Waals surface area contributed by atoms with Crippen molar-refractivity contribution in [3.8, 4) is 0 Å². The molecule has 0 bridgehead atoms. The average Bonchev–Trinajstić information content (AvgIpc) is 2.26. The van der Waals surface area contributed by atoms with Crippen molar-refractivity contribution >= 4 is 5.69 Å². The minimum atomic E-state index is 0.882. The largest absolute Gasteiger partial charge is 0.381 e. The maximum absolute atomic E-state index is 3.98. The number of anilines is 1. The van der Waals surface area contributed by atoms with E-state index in [9.17, 15) is 0 Å². The van der Waals surface area contributed by atoms with E-state index in [2.05, 4.69) is 50.0 Å². The van der Waals surface area contributed by atoms with Gasteiger partial charge in [-0.3, -0.25) is 0 Å². The molecule has 0 heterocycles. The summed E-state index contributed by atoms with van der Waals surface area (Å²) < 4.78 is 0. The lowest BCUT2D eigenvalue weighted by molar-refractivity contribution is 1.04. The van der Waals surface area contributed by atoms with Gasteiger partial charge in [0.15, 0.2) is 0 Å². The minimum absolute atomic E-state index is 0.882. The summed E-state index contributed by atoms with van der Waals surface area (Å²) in [7, 11) is 0. The van der Waals surface area contributed by atoms with Crippen LogP contribution in [0.25, 0.3) is 0 Å². The lowest BCUT2D eigenvalue weighted by Crippen LogP contribution is -2.05. The van der Waals surface area contributed by atoms with Crippen molar-refractivity contribution in [1.29, 1.82) is 0 Å². The van der Waals surface area contributed by atoms with Crippen LogP contribution in [0.1, 0.15) is 25.8 Å². The van der Waals surface area contributed by atoms with Crippen LogP contribution in [0.4, 0.5) is 5.69 Å². The molecular formula is C13H19N. The quantitative estimate of drug-likeness (QED) is 0.697. The van der Waals surface area contributed by atoms with Crippen LogP contribution in [0.5, 0.6) is 0 Å². The highest BCUT2D eigenvalue weighted by Gasteiger charge is 1.98. The van der Waals surface area contributed by atoms with Gasteiger partial charge in [0.1, 0.15) is 0 Å². The SMILES string of the molecule is C=C(CC)CNc1ccccc1CC. The van der Waals surface area contributed by atoms with E-state index in [1.54, 1.807) is 0 Å². The van der Waals surface area contributed by atoms with Gasteiger partial charge in [-0.05, 0) is 24.5 Å². The second-order valence-electron chi connectivity index (χ2n) is 3.47. The monoisotopic (exact) mass is 189 g/mol. The number of benzene rings is 1. The van der Waals surface area contributed by atoms with E-state index < -0.39 is 0 Å². The Morgan fingerprint density at radius 3 is 2.64 bits per heavy atom. The molecular weight excluding hydrogens is 170 g/mol. The molecule has 1 nitrogen and oxygen atoms in total. The van der Waals surface area contributed by atoms with Gasteiger partial charge >= 0.3 is 0 Å². The molecule has 1 N–H and O–H groups in total. The van der Waals surface area contributed by atoms with Crippen molar-refractivity contribution < 1.29 is 0 Å². The Morgan fingerprint density at radius 2 is 2.00 bits per heavy atom. The molecule has 0 radical (unpaired) electrons. The molecule has 0 saturated carbocycles. The van der Waals surface area contributed by atoms with Gasteiger partial charge in [-0.2, -0.15) is 0 Å². The number of aryl methyl sites for hydroxylation is 1. The van der Waals surface area contributed by atoms with Crippen molar-refractivity contribution in [2.75, 3.05) is 11.9 Å². The number of nitrogens with one attached hydrogen (secondary N) is 1. The van der Waals surface area contributed by atoms with E-state index in [4.69, 9.17) is 0 Å². The molecule has 0 aliphatic rings. The molecule has 0 aliphatic heterocycles. The van der Waals surface area contributed by atoms with Crippen molar-refractivity contribution in [1.82, 2.24) is 0 Å². The van der Waals surface area contributed by atoms with Crippen LogP contribution in [-0.4, -0.2) is 6.54 Å². The third kappa shape index (κ3) is 2.91. The maximum atomic E-state index is 3.98. The molecule has 1 aromatic carbocycles. The summed E-state index contributed by atoms with van der Waals surface area (Å²) in [5.41, 5.74) is 3.86. The Balaban J connectivity index is 2.61. The van der Waals surface area contributed by atoms with Gasteiger partial charge in [0.25, 0.3) is 0 Å². The van der Waals surface area contributed by atoms with Gasteiger partial charge in [0.2, 0.25) is 0 Å². The van der Waals surface area contributed by atoms with E-state index >= 15 is 0 Å². The third-order valence-corrected chi connectivity index (χ3v) is 2.43. The lowest BCUT2D eigenvalue weighted by Gasteiger charge is -2.11. The van der Waals surface area contributed by atoms with Gasteiger partial charge < -0.3 is 5.32 Å². The first-order chi connectivity index (χ1) is 6.77. The zero-order valence-electron chi connectivity index (χ0n) is 9.14. The van der Waals surface area contributed by atoms with Gasteiger partial charge in [0, 0.05) is 12.2 Å². The van der Waals surface area contributed by atoms with Crippen molar-refractivity contribution in [2.45, 2.75) is 26.7 Å². The third-order valence-electron chi connectivity index (χ3n) is 2.43. The molecule has 0 aromatic heterocycles. The Morgan fingerprint density at radius 1 is 1.29 bits per heavy atom. The van der Waals surface area contributed by atoms with Crippen LogP contribution in [0.3, 0.4) is 0 Å². The van der Waals surface area contributed by atoms with Crippen LogP contribution in [0.15, 0.2) is 36.4 Å². The highest BCUT2D eigenvalue weighted by Crippen LogP contribution is 2.15. The highest BCUT2D eigenvalue weighted by atomic mass is 14.9. The summed E-state index contributed by atoms with van der Waals surface area (Å²) in [6.07, 6.45) is 2.11. The second kappa shape index (κ2) is 5.48. The molecule has 1 heteroatoms. The fourth-order valence-corrected chi connectivity index (χ4v) is 1.35. The Labute approximate surface area is 86.8 Å². The Bertz CT molecular complexity index is 302. The summed E-state index contributed by atoms with van der Waals surface area (Å²) in [5.74, 6) is 0. The maximum Gasteiger partial charge on any atom is 0.0375 e. The normalized spacial score (nSPS) is 9.86. The molecule has 14 heavy (non-hydrogen) atoms. The van der Waals surface area contributed by atoms with Gasteiger partial charge in [-0.25, -0.2) is 0 Å². The molecule has 1 rings (SSSR count). The van der Waals surface area contributed by atoms with Gasteiger partial charge in [-0.15, -0.1) is 0 Å². The lowest BCUT2D eigenvalue weighted by atomic mass is 10.1. The smallest absolute Gasteiger partial charge is 0.0375 e. The van der Waals surface area contributed by atoms with Gasteiger partial charge in [-0.1, -0.05) is 44.2 Å². The van der Waals surface area contributed by atoms with Crippen LogP contribution in [-0.2, 0) is 6.42 Å². The van der Waals surface area contributed by atoms with Crippen LogP contribution in [0, 0.1) is 0 Å². The summed E-state index contributed by atoms with van der Waals surface area (Å²) >= 11 is 0. The van der Waals surface area contributed by atoms with Crippen LogP contribution >= 0.6 is 0 Å². The predicted molar refractivity (Wildman–Crippen MR) is 63.7 cm³/mol. The van der Waals surface area contributed by atoms with E-state index in [1.807, 2.05) is 0 Å². The highest BCUT2D eigenvalue weighted by molar-refractivity contribution is 5.51. The molecule has 76 valence electrons. The zero-order valence-corrected chi connectivity index (χ0v) is 9.14. The van der Waals surface area contributed by atoms with Gasteiger partial charge in [0.05, 0.1) is 0 Å². The fourth-order valence-electron chi connectivity index (χ4n) is 1.35. The first-order valence-electron chi connectivity index (χ1n) is 5.26. The van der Waals surface area contributed by atoms with E-state index in [0.717, 1.165) is 19.4 Å². The standard InChI is InChI=1S/C13H19N/c1-4-11(3)10-14-13-9-7-6-8-12(13)5-2/h6-9,14H,3-5,10H2,1-2H3. The molecule has 0 atom stereocenters. The fraction of sp³-hybridized carbons (Fsp3) is 0.385. The average molecular weight is 189 g/mol. The van der Waals surface area contributed by atoms with Crippen LogP contribution in [0.2, 0.25) is 0 Å². The minimum Gasteiger partial charge on any atom is -0.381 e. The summed E-state index contributed by atoms with van der Waals surface area (Å²) in [6, 6.07) is 8.44. The molecule has 0 spiro atoms. The molecule has 0 aliphatic carbocycles. The van der Waals surface area contributed by atoms with E-state index in [0.29, 0.717) is 0 Å². The van der Waals surface area contributed by atoms with Crippen molar-refractivity contribution in [3.63, 3.8) is 0 Å². The summed E-state index contributed by atoms with van der Waals surface area (Å²) in [5, 5.41) is 3.42. The summed E-state index contributed by atoms with van der Waals surface area (Å²) in [6.45, 7) is 9.17. The molecule has 0 saturated heterocycles. The zero-order chi connectivity index (χ0) is 10.4. The Hall–Kier alpha value is -1.24. The van der Waals surface area contributed by atoms with E-state index in [-0.39, 0.29) is 0 Å². The number of para-hydroxylation sites is 1. The Kier molecular flexibility index (Phi) is 4.24. The predicted octanol–water partition coefficient (Wildman–Crippen LogP) is 3.63. The first-order valence-corrected chi connectivity index (χ1v) is 5.26.